The van der Waals surface area contributed by atoms with Gasteiger partial charge in [-0.3, -0.25) is 4.79 Å². The topological polar surface area (TPSA) is 35.5 Å². The van der Waals surface area contributed by atoms with Crippen molar-refractivity contribution in [1.82, 2.24) is 0 Å². The summed E-state index contributed by atoms with van der Waals surface area (Å²) in [5.74, 6) is -0.560. The SMILES string of the molecule is COc1ccc(C(=O)C2(C)CCCO2)cc1F. The summed E-state index contributed by atoms with van der Waals surface area (Å²) in [5, 5.41) is 0. The van der Waals surface area contributed by atoms with Crippen molar-refractivity contribution in [3.8, 4) is 5.75 Å². The van der Waals surface area contributed by atoms with Crippen LogP contribution in [0.5, 0.6) is 5.75 Å². The molecule has 0 N–H and O–H groups in total. The van der Waals surface area contributed by atoms with Crippen LogP contribution in [-0.2, 0) is 4.74 Å². The molecule has 1 aliphatic heterocycles. The average molecular weight is 238 g/mol. The molecule has 1 unspecified atom stereocenters. The Morgan fingerprint density at radius 2 is 2.29 bits per heavy atom. The van der Waals surface area contributed by atoms with Crippen molar-refractivity contribution in [3.63, 3.8) is 0 Å². The molecule has 4 heteroatoms. The Labute approximate surface area is 99.5 Å². The van der Waals surface area contributed by atoms with E-state index in [-0.39, 0.29) is 11.5 Å². The van der Waals surface area contributed by atoms with Crippen LogP contribution < -0.4 is 4.74 Å². The van der Waals surface area contributed by atoms with Crippen molar-refractivity contribution in [2.45, 2.75) is 25.4 Å². The Balaban J connectivity index is 2.28. The zero-order valence-electron chi connectivity index (χ0n) is 9.96. The Kier molecular flexibility index (Phi) is 3.15. The van der Waals surface area contributed by atoms with E-state index in [9.17, 15) is 9.18 Å². The third kappa shape index (κ3) is 2.17. The summed E-state index contributed by atoms with van der Waals surface area (Å²) in [4.78, 5) is 12.2. The van der Waals surface area contributed by atoms with E-state index in [4.69, 9.17) is 9.47 Å². The van der Waals surface area contributed by atoms with Gasteiger partial charge in [-0.2, -0.15) is 0 Å². The van der Waals surface area contributed by atoms with Crippen molar-refractivity contribution in [3.05, 3.63) is 29.6 Å². The highest BCUT2D eigenvalue weighted by molar-refractivity contribution is 6.02. The van der Waals surface area contributed by atoms with E-state index >= 15 is 0 Å². The second-order valence-corrected chi connectivity index (χ2v) is 4.36. The van der Waals surface area contributed by atoms with Gasteiger partial charge in [0, 0.05) is 12.2 Å². The molecule has 0 bridgehead atoms. The highest BCUT2D eigenvalue weighted by Gasteiger charge is 2.38. The lowest BCUT2D eigenvalue weighted by atomic mass is 9.92. The predicted molar refractivity (Wildman–Crippen MR) is 60.9 cm³/mol. The number of ether oxygens (including phenoxy) is 2. The number of rotatable bonds is 3. The Morgan fingerprint density at radius 3 is 2.82 bits per heavy atom. The smallest absolute Gasteiger partial charge is 0.194 e. The summed E-state index contributed by atoms with van der Waals surface area (Å²) >= 11 is 0. The van der Waals surface area contributed by atoms with Crippen LogP contribution in [0.2, 0.25) is 0 Å². The maximum Gasteiger partial charge on any atom is 0.194 e. The van der Waals surface area contributed by atoms with Crippen molar-refractivity contribution in [1.29, 1.82) is 0 Å². The summed E-state index contributed by atoms with van der Waals surface area (Å²) in [6.45, 7) is 2.34. The molecule has 1 atom stereocenters. The number of Topliss-reactive ketones (excluding diaryl/α,β-unsaturated/α-hetero) is 1. The van der Waals surface area contributed by atoms with Crippen LogP contribution in [0.25, 0.3) is 0 Å². The van der Waals surface area contributed by atoms with Crippen molar-refractivity contribution < 1.29 is 18.7 Å². The first-order chi connectivity index (χ1) is 8.07. The van der Waals surface area contributed by atoms with E-state index < -0.39 is 11.4 Å². The molecule has 1 saturated heterocycles. The molecule has 0 aliphatic carbocycles. The fourth-order valence-electron chi connectivity index (χ4n) is 2.07. The van der Waals surface area contributed by atoms with Gasteiger partial charge in [0.2, 0.25) is 0 Å². The molecule has 1 aliphatic rings. The van der Waals surface area contributed by atoms with Gasteiger partial charge in [0.05, 0.1) is 7.11 Å². The van der Waals surface area contributed by atoms with Crippen LogP contribution in [0.4, 0.5) is 4.39 Å². The summed E-state index contributed by atoms with van der Waals surface area (Å²) in [6, 6.07) is 4.23. The maximum atomic E-state index is 13.5. The summed E-state index contributed by atoms with van der Waals surface area (Å²) in [6.07, 6.45) is 1.54. The first kappa shape index (κ1) is 12.0. The summed E-state index contributed by atoms with van der Waals surface area (Å²) in [7, 11) is 1.39. The third-order valence-corrected chi connectivity index (χ3v) is 3.11. The quantitative estimate of drug-likeness (QED) is 0.759. The minimum atomic E-state index is -0.805. The highest BCUT2D eigenvalue weighted by atomic mass is 19.1. The number of methoxy groups -OCH3 is 1. The van der Waals surface area contributed by atoms with E-state index in [1.165, 1.54) is 19.2 Å². The fourth-order valence-corrected chi connectivity index (χ4v) is 2.07. The number of hydrogen-bond acceptors (Lipinski definition) is 3. The number of benzene rings is 1. The van der Waals surface area contributed by atoms with Crippen LogP contribution in [0.3, 0.4) is 0 Å². The van der Waals surface area contributed by atoms with E-state index in [1.807, 2.05) is 0 Å². The average Bonchev–Trinajstić information content (AvgIpc) is 2.76. The number of halogens is 1. The largest absolute Gasteiger partial charge is 0.494 e. The maximum absolute atomic E-state index is 13.5. The van der Waals surface area contributed by atoms with Gasteiger partial charge in [0.25, 0.3) is 0 Å². The minimum Gasteiger partial charge on any atom is -0.494 e. The normalized spacial score (nSPS) is 23.7. The lowest BCUT2D eigenvalue weighted by Gasteiger charge is -2.21. The van der Waals surface area contributed by atoms with Crippen molar-refractivity contribution in [2.24, 2.45) is 0 Å². The molecule has 17 heavy (non-hydrogen) atoms. The van der Waals surface area contributed by atoms with Gasteiger partial charge in [-0.1, -0.05) is 0 Å². The highest BCUT2D eigenvalue weighted by Crippen LogP contribution is 2.30. The van der Waals surface area contributed by atoms with Crippen LogP contribution in [0.15, 0.2) is 18.2 Å². The third-order valence-electron chi connectivity index (χ3n) is 3.11. The molecule has 1 fully saturated rings. The molecule has 3 nitrogen and oxygen atoms in total. The Morgan fingerprint density at radius 1 is 1.53 bits per heavy atom. The van der Waals surface area contributed by atoms with Crippen LogP contribution in [0.1, 0.15) is 30.1 Å². The zero-order valence-corrected chi connectivity index (χ0v) is 9.96. The van der Waals surface area contributed by atoms with Gasteiger partial charge in [-0.25, -0.2) is 4.39 Å². The molecule has 0 saturated carbocycles. The lowest BCUT2D eigenvalue weighted by molar-refractivity contribution is 0.0213. The van der Waals surface area contributed by atoms with E-state index in [0.717, 1.165) is 6.42 Å². The van der Waals surface area contributed by atoms with E-state index in [2.05, 4.69) is 0 Å². The Hall–Kier alpha value is -1.42. The Bertz CT molecular complexity index is 436. The number of carbonyl (C=O) groups is 1. The predicted octanol–water partition coefficient (Wildman–Crippen LogP) is 2.59. The second-order valence-electron chi connectivity index (χ2n) is 4.36. The lowest BCUT2D eigenvalue weighted by Crippen LogP contribution is -2.34. The van der Waals surface area contributed by atoms with Crippen LogP contribution in [0, 0.1) is 5.82 Å². The van der Waals surface area contributed by atoms with E-state index in [1.54, 1.807) is 13.0 Å². The van der Waals surface area contributed by atoms with Gasteiger partial charge in [0.1, 0.15) is 5.60 Å². The second kappa shape index (κ2) is 4.45. The first-order valence-electron chi connectivity index (χ1n) is 5.59. The molecular formula is C13H15FO3. The monoisotopic (exact) mass is 238 g/mol. The molecule has 0 aromatic heterocycles. The van der Waals surface area contributed by atoms with Crippen LogP contribution in [-0.4, -0.2) is 25.1 Å². The molecule has 1 aromatic rings. The summed E-state index contributed by atoms with van der Waals surface area (Å²) < 4.78 is 23.8. The van der Waals surface area contributed by atoms with Crippen LogP contribution >= 0.6 is 0 Å². The van der Waals surface area contributed by atoms with Crippen molar-refractivity contribution >= 4 is 5.78 Å². The van der Waals surface area contributed by atoms with Crippen molar-refractivity contribution in [2.75, 3.05) is 13.7 Å². The molecule has 1 heterocycles. The van der Waals surface area contributed by atoms with Gasteiger partial charge in [-0.05, 0) is 38.0 Å². The van der Waals surface area contributed by atoms with Gasteiger partial charge >= 0.3 is 0 Å². The molecular weight excluding hydrogens is 223 g/mol. The fraction of sp³-hybridized carbons (Fsp3) is 0.462. The van der Waals surface area contributed by atoms with Gasteiger partial charge in [0.15, 0.2) is 17.3 Å². The first-order valence-corrected chi connectivity index (χ1v) is 5.59. The molecule has 92 valence electrons. The van der Waals surface area contributed by atoms with Gasteiger partial charge in [-0.15, -0.1) is 0 Å². The number of hydrogen-bond donors (Lipinski definition) is 0. The summed E-state index contributed by atoms with van der Waals surface area (Å²) in [5.41, 5.74) is -0.478. The number of carbonyl (C=O) groups excluding carboxylic acids is 1. The minimum absolute atomic E-state index is 0.138. The molecule has 1 aromatic carbocycles. The van der Waals surface area contributed by atoms with E-state index in [0.29, 0.717) is 18.6 Å². The molecule has 2 rings (SSSR count). The molecule has 0 amide bonds. The van der Waals surface area contributed by atoms with Gasteiger partial charge < -0.3 is 9.47 Å². The number of ketones is 1. The standard InChI is InChI=1S/C13H15FO3/c1-13(6-3-7-17-13)12(15)9-4-5-11(16-2)10(14)8-9/h4-5,8H,3,6-7H2,1-2H3. The zero-order chi connectivity index (χ0) is 12.5. The molecule has 0 radical (unpaired) electrons. The molecule has 0 spiro atoms.